The molecule has 0 fully saturated rings. The highest BCUT2D eigenvalue weighted by molar-refractivity contribution is 7.13. The predicted octanol–water partition coefficient (Wildman–Crippen LogP) is 1.04. The van der Waals surface area contributed by atoms with Crippen molar-refractivity contribution >= 4 is 9.39 Å². The number of hydrogen-bond acceptors (Lipinski definition) is 2. The molecular formula is C5H10NOP. The van der Waals surface area contributed by atoms with Crippen molar-refractivity contribution in [3.05, 3.63) is 24.6 Å². The summed E-state index contributed by atoms with van der Waals surface area (Å²) in [6.07, 6.45) is 3.45. The van der Waals surface area contributed by atoms with Gasteiger partial charge in [0.15, 0.2) is 0 Å². The van der Waals surface area contributed by atoms with Gasteiger partial charge < -0.3 is 9.82 Å². The van der Waals surface area contributed by atoms with Gasteiger partial charge in [-0.15, -0.1) is 0 Å². The standard InChI is InChI=1S/C5H10NOP/c1-5(7-2)3-4-6-8/h3-4,6H,1,8H2,2H3/b4-3+. The van der Waals surface area contributed by atoms with Crippen LogP contribution in [0.15, 0.2) is 24.6 Å². The number of allylic oxidation sites excluding steroid dienone is 1. The fourth-order valence-electron chi connectivity index (χ4n) is 0.209. The van der Waals surface area contributed by atoms with E-state index in [1.165, 1.54) is 0 Å². The van der Waals surface area contributed by atoms with Gasteiger partial charge >= 0.3 is 0 Å². The molecule has 0 spiro atoms. The van der Waals surface area contributed by atoms with Crippen molar-refractivity contribution in [2.24, 2.45) is 0 Å². The molecule has 0 amide bonds. The van der Waals surface area contributed by atoms with Gasteiger partial charge in [-0.25, -0.2) is 0 Å². The molecule has 0 aromatic heterocycles. The highest BCUT2D eigenvalue weighted by Gasteiger charge is 1.76. The minimum Gasteiger partial charge on any atom is -0.497 e. The van der Waals surface area contributed by atoms with Crippen LogP contribution >= 0.6 is 9.39 Å². The largest absolute Gasteiger partial charge is 0.497 e. The van der Waals surface area contributed by atoms with E-state index in [0.29, 0.717) is 5.76 Å². The van der Waals surface area contributed by atoms with E-state index in [0.717, 1.165) is 0 Å². The van der Waals surface area contributed by atoms with Crippen LogP contribution in [0.5, 0.6) is 0 Å². The van der Waals surface area contributed by atoms with Gasteiger partial charge in [0.05, 0.1) is 7.11 Å². The SMILES string of the molecule is C=C(/C=C/NP)OC. The highest BCUT2D eigenvalue weighted by atomic mass is 31.0. The smallest absolute Gasteiger partial charge is 0.113 e. The van der Waals surface area contributed by atoms with Gasteiger partial charge in [-0.2, -0.15) is 0 Å². The summed E-state index contributed by atoms with van der Waals surface area (Å²) in [5.41, 5.74) is 0. The van der Waals surface area contributed by atoms with Gasteiger partial charge in [-0.05, 0) is 15.5 Å². The van der Waals surface area contributed by atoms with Crippen molar-refractivity contribution in [2.75, 3.05) is 7.11 Å². The summed E-state index contributed by atoms with van der Waals surface area (Å²) in [6, 6.07) is 0. The van der Waals surface area contributed by atoms with Crippen LogP contribution in [0.1, 0.15) is 0 Å². The first kappa shape index (κ1) is 7.51. The minimum absolute atomic E-state index is 0.639. The Labute approximate surface area is 51.9 Å². The lowest BCUT2D eigenvalue weighted by atomic mass is 10.5. The van der Waals surface area contributed by atoms with Gasteiger partial charge in [0.25, 0.3) is 0 Å². The maximum absolute atomic E-state index is 4.72. The second-order valence-electron chi connectivity index (χ2n) is 1.17. The first-order valence-electron chi connectivity index (χ1n) is 2.17. The molecule has 0 aliphatic carbocycles. The summed E-state index contributed by atoms with van der Waals surface area (Å²) < 4.78 is 4.72. The third-order valence-corrected chi connectivity index (χ3v) is 0.820. The molecule has 0 radical (unpaired) electrons. The summed E-state index contributed by atoms with van der Waals surface area (Å²) in [6.45, 7) is 3.55. The van der Waals surface area contributed by atoms with Crippen LogP contribution in [0.4, 0.5) is 0 Å². The molecule has 0 saturated carbocycles. The topological polar surface area (TPSA) is 21.3 Å². The quantitative estimate of drug-likeness (QED) is 0.351. The maximum Gasteiger partial charge on any atom is 0.113 e. The molecule has 1 unspecified atom stereocenters. The van der Waals surface area contributed by atoms with Crippen molar-refractivity contribution in [1.82, 2.24) is 5.09 Å². The first-order valence-corrected chi connectivity index (χ1v) is 2.74. The minimum atomic E-state index is 0.639. The second-order valence-corrected chi connectivity index (χ2v) is 1.50. The van der Waals surface area contributed by atoms with E-state index in [4.69, 9.17) is 4.74 Å². The first-order chi connectivity index (χ1) is 3.81. The molecule has 0 aromatic rings. The normalized spacial score (nSPS) is 9.25. The Hall–Kier alpha value is -0.490. The molecule has 0 aliphatic heterocycles. The van der Waals surface area contributed by atoms with Crippen molar-refractivity contribution in [3.8, 4) is 0 Å². The zero-order chi connectivity index (χ0) is 6.41. The van der Waals surface area contributed by atoms with Gasteiger partial charge in [0.2, 0.25) is 0 Å². The van der Waals surface area contributed by atoms with E-state index >= 15 is 0 Å². The van der Waals surface area contributed by atoms with Crippen LogP contribution in [0.3, 0.4) is 0 Å². The van der Waals surface area contributed by atoms with Crippen LogP contribution in [-0.2, 0) is 4.74 Å². The van der Waals surface area contributed by atoms with E-state index in [-0.39, 0.29) is 0 Å². The lowest BCUT2D eigenvalue weighted by Gasteiger charge is -1.93. The number of methoxy groups -OCH3 is 1. The van der Waals surface area contributed by atoms with Gasteiger partial charge in [0.1, 0.15) is 5.76 Å². The average molecular weight is 131 g/mol. The number of hydrogen-bond donors (Lipinski definition) is 1. The molecule has 0 heterocycles. The van der Waals surface area contributed by atoms with Crippen molar-refractivity contribution in [1.29, 1.82) is 0 Å². The van der Waals surface area contributed by atoms with Crippen LogP contribution in [0.25, 0.3) is 0 Å². The Morgan fingerprint density at radius 1 is 1.88 bits per heavy atom. The number of ether oxygens (including phenoxy) is 1. The molecule has 1 atom stereocenters. The lowest BCUT2D eigenvalue weighted by molar-refractivity contribution is 0.308. The van der Waals surface area contributed by atoms with E-state index in [2.05, 4.69) is 21.1 Å². The van der Waals surface area contributed by atoms with Crippen LogP contribution < -0.4 is 5.09 Å². The molecule has 46 valence electrons. The molecule has 0 aliphatic rings. The summed E-state index contributed by atoms with van der Waals surface area (Å²) >= 11 is 0. The van der Waals surface area contributed by atoms with Crippen molar-refractivity contribution in [3.63, 3.8) is 0 Å². The summed E-state index contributed by atoms with van der Waals surface area (Å²) in [4.78, 5) is 0. The zero-order valence-electron chi connectivity index (χ0n) is 4.85. The Morgan fingerprint density at radius 2 is 2.50 bits per heavy atom. The summed E-state index contributed by atoms with van der Waals surface area (Å²) in [5, 5.41) is 2.73. The molecule has 8 heavy (non-hydrogen) atoms. The third kappa shape index (κ3) is 3.69. The molecule has 0 saturated heterocycles. The predicted molar refractivity (Wildman–Crippen MR) is 38.1 cm³/mol. The van der Waals surface area contributed by atoms with E-state index in [1.807, 2.05) is 0 Å². The molecule has 2 nitrogen and oxygen atoms in total. The molecular weight excluding hydrogens is 121 g/mol. The Morgan fingerprint density at radius 3 is 2.88 bits per heavy atom. The van der Waals surface area contributed by atoms with Gasteiger partial charge in [-0.3, -0.25) is 0 Å². The van der Waals surface area contributed by atoms with E-state index < -0.39 is 0 Å². The van der Waals surface area contributed by atoms with Gasteiger partial charge in [0, 0.05) is 6.20 Å². The molecule has 0 bridgehead atoms. The fraction of sp³-hybridized carbons (Fsp3) is 0.200. The van der Waals surface area contributed by atoms with Crippen molar-refractivity contribution < 1.29 is 4.74 Å². The molecule has 0 rings (SSSR count). The summed E-state index contributed by atoms with van der Waals surface area (Å²) in [7, 11) is 3.91. The van der Waals surface area contributed by atoms with E-state index in [1.54, 1.807) is 19.4 Å². The highest BCUT2D eigenvalue weighted by Crippen LogP contribution is 1.90. The third-order valence-electron chi connectivity index (χ3n) is 0.628. The average Bonchev–Trinajstić information content (AvgIpc) is 1.83. The zero-order valence-corrected chi connectivity index (χ0v) is 6.00. The number of rotatable bonds is 3. The van der Waals surface area contributed by atoms with Gasteiger partial charge in [-0.1, -0.05) is 6.58 Å². The monoisotopic (exact) mass is 131 g/mol. The molecule has 3 heteroatoms. The molecule has 0 aromatic carbocycles. The molecule has 1 N–H and O–H groups in total. The maximum atomic E-state index is 4.72. The van der Waals surface area contributed by atoms with Crippen LogP contribution in [-0.4, -0.2) is 7.11 Å². The van der Waals surface area contributed by atoms with Crippen LogP contribution in [0.2, 0.25) is 0 Å². The number of nitrogens with one attached hydrogen (secondary N) is 1. The van der Waals surface area contributed by atoms with E-state index in [9.17, 15) is 0 Å². The summed E-state index contributed by atoms with van der Waals surface area (Å²) in [5.74, 6) is 0.639. The van der Waals surface area contributed by atoms with Crippen LogP contribution in [0, 0.1) is 0 Å². The Bertz CT molecular complexity index is 101. The Kier molecular flexibility index (Phi) is 4.38. The van der Waals surface area contributed by atoms with Crippen molar-refractivity contribution in [2.45, 2.75) is 0 Å². The fourth-order valence-corrected chi connectivity index (χ4v) is 0.305. The Balaban J connectivity index is 3.37. The second kappa shape index (κ2) is 4.66. The lowest BCUT2D eigenvalue weighted by Crippen LogP contribution is -1.82.